The minimum atomic E-state index is -5.08. The molecule has 6 nitrogen and oxygen atoms in total. The second-order valence-electron chi connectivity index (χ2n) is 8.13. The largest absolute Gasteiger partial charge is 0.490 e. The molecular formula is C21H29F3N2O4. The van der Waals surface area contributed by atoms with Gasteiger partial charge in [-0.1, -0.05) is 12.5 Å². The van der Waals surface area contributed by atoms with Gasteiger partial charge in [0.25, 0.3) is 0 Å². The van der Waals surface area contributed by atoms with Gasteiger partial charge in [0.05, 0.1) is 12.2 Å². The normalized spacial score (nSPS) is 24.0. The smallest absolute Gasteiger partial charge is 0.478 e. The molecule has 0 bridgehead atoms. The van der Waals surface area contributed by atoms with Crippen LogP contribution in [-0.2, 0) is 9.53 Å². The van der Waals surface area contributed by atoms with Crippen LogP contribution in [0.2, 0.25) is 0 Å². The number of likely N-dealkylation sites (tertiary alicyclic amines) is 1. The zero-order chi connectivity index (χ0) is 21.6. The maximum Gasteiger partial charge on any atom is 0.490 e. The molecule has 1 aromatic rings. The van der Waals surface area contributed by atoms with E-state index in [1.807, 2.05) is 18.2 Å². The number of ether oxygens (including phenoxy) is 2. The Kier molecular flexibility index (Phi) is 7.57. The lowest BCUT2D eigenvalue weighted by Crippen LogP contribution is -2.52. The zero-order valence-corrected chi connectivity index (χ0v) is 16.9. The van der Waals surface area contributed by atoms with Gasteiger partial charge in [-0.15, -0.1) is 0 Å². The van der Waals surface area contributed by atoms with E-state index in [0.29, 0.717) is 5.92 Å². The number of carboxylic acids is 1. The molecule has 9 heteroatoms. The predicted octanol–water partition coefficient (Wildman–Crippen LogP) is 3.91. The Hall–Kier alpha value is -1.87. The molecule has 1 unspecified atom stereocenters. The number of alkyl halides is 3. The van der Waals surface area contributed by atoms with E-state index in [2.05, 4.69) is 9.88 Å². The summed E-state index contributed by atoms with van der Waals surface area (Å²) < 4.78 is 43.8. The molecule has 1 N–H and O–H groups in total. The molecule has 168 valence electrons. The first-order valence-corrected chi connectivity index (χ1v) is 10.5. The maximum absolute atomic E-state index is 10.6. The Bertz CT molecular complexity index is 675. The molecule has 1 spiro atoms. The van der Waals surface area contributed by atoms with E-state index in [4.69, 9.17) is 19.4 Å². The van der Waals surface area contributed by atoms with E-state index < -0.39 is 12.1 Å². The fourth-order valence-corrected chi connectivity index (χ4v) is 4.50. The van der Waals surface area contributed by atoms with Crippen molar-refractivity contribution in [3.05, 3.63) is 24.4 Å². The highest BCUT2D eigenvalue weighted by Crippen LogP contribution is 2.43. The van der Waals surface area contributed by atoms with Gasteiger partial charge in [-0.2, -0.15) is 13.2 Å². The Labute approximate surface area is 174 Å². The third-order valence-electron chi connectivity index (χ3n) is 6.43. The number of hydrogen-bond acceptors (Lipinski definition) is 5. The van der Waals surface area contributed by atoms with Gasteiger partial charge in [-0.3, -0.25) is 0 Å². The molecule has 4 rings (SSSR count). The minimum absolute atomic E-state index is 0.133. The van der Waals surface area contributed by atoms with Crippen molar-refractivity contribution < 1.29 is 32.5 Å². The van der Waals surface area contributed by atoms with Gasteiger partial charge < -0.3 is 19.5 Å². The quantitative estimate of drug-likeness (QED) is 0.764. The van der Waals surface area contributed by atoms with Crippen LogP contribution in [0.15, 0.2) is 24.4 Å². The molecule has 0 amide bonds. The first-order valence-electron chi connectivity index (χ1n) is 10.5. The van der Waals surface area contributed by atoms with Crippen LogP contribution in [0.4, 0.5) is 13.2 Å². The lowest BCUT2D eigenvalue weighted by molar-refractivity contribution is -0.192. The van der Waals surface area contributed by atoms with Gasteiger partial charge in [0, 0.05) is 38.0 Å². The van der Waals surface area contributed by atoms with Crippen LogP contribution < -0.4 is 4.74 Å². The number of aliphatic carboxylic acids is 1. The summed E-state index contributed by atoms with van der Waals surface area (Å²) in [5, 5.41) is 7.12. The Morgan fingerprint density at radius 1 is 1.27 bits per heavy atom. The summed E-state index contributed by atoms with van der Waals surface area (Å²) in [6, 6.07) is 6.69. The fraction of sp³-hybridized carbons (Fsp3) is 0.714. The van der Waals surface area contributed by atoms with Crippen LogP contribution in [0.3, 0.4) is 0 Å². The zero-order valence-electron chi connectivity index (χ0n) is 16.9. The van der Waals surface area contributed by atoms with Gasteiger partial charge in [0.1, 0.15) is 0 Å². The average molecular weight is 430 g/mol. The van der Waals surface area contributed by atoms with Crippen molar-refractivity contribution in [3.63, 3.8) is 0 Å². The summed E-state index contributed by atoms with van der Waals surface area (Å²) in [6.45, 7) is 4.13. The fourth-order valence-electron chi connectivity index (χ4n) is 4.50. The van der Waals surface area contributed by atoms with E-state index >= 15 is 0 Å². The highest BCUT2D eigenvalue weighted by atomic mass is 19.4. The molecule has 1 aromatic heterocycles. The summed E-state index contributed by atoms with van der Waals surface area (Å²) >= 11 is 0. The molecule has 0 radical (unpaired) electrons. The second-order valence-corrected chi connectivity index (χ2v) is 8.13. The average Bonchev–Trinajstić information content (AvgIpc) is 3.05. The highest BCUT2D eigenvalue weighted by Gasteiger charge is 2.46. The Morgan fingerprint density at radius 2 is 1.97 bits per heavy atom. The first-order chi connectivity index (χ1) is 14.3. The van der Waals surface area contributed by atoms with Gasteiger partial charge in [0.15, 0.2) is 0 Å². The molecule has 2 aliphatic heterocycles. The topological polar surface area (TPSA) is 71.9 Å². The number of piperidine rings is 1. The lowest BCUT2D eigenvalue weighted by atomic mass is 9.77. The minimum Gasteiger partial charge on any atom is -0.478 e. The van der Waals surface area contributed by atoms with Crippen molar-refractivity contribution in [1.82, 2.24) is 9.88 Å². The van der Waals surface area contributed by atoms with E-state index in [1.165, 1.54) is 51.6 Å². The number of rotatable bonds is 5. The molecule has 1 atom stereocenters. The molecule has 3 heterocycles. The van der Waals surface area contributed by atoms with Gasteiger partial charge in [0.2, 0.25) is 5.88 Å². The highest BCUT2D eigenvalue weighted by molar-refractivity contribution is 5.73. The Morgan fingerprint density at radius 3 is 2.50 bits per heavy atom. The number of nitrogens with zero attached hydrogens (tertiary/aromatic N) is 2. The molecule has 3 aliphatic rings. The summed E-state index contributed by atoms with van der Waals surface area (Å²) in [7, 11) is 0. The third kappa shape index (κ3) is 5.85. The lowest BCUT2D eigenvalue weighted by Gasteiger charge is -2.47. The van der Waals surface area contributed by atoms with Crippen molar-refractivity contribution in [2.45, 2.75) is 62.8 Å². The standard InChI is InChI=1S/C19H28N2O2.C2HF3O2/c1-2-11-20-18(6-1)22-14-7-16-8-15-23-19(16)9-12-21(13-10-19)17-4-3-5-17;3-2(4,5)1(6)7/h1-2,6,11,16-17H,3-5,7-10,12-15H2;(H,6,7). The van der Waals surface area contributed by atoms with Gasteiger partial charge in [-0.25, -0.2) is 9.78 Å². The van der Waals surface area contributed by atoms with Crippen molar-refractivity contribution in [1.29, 1.82) is 0 Å². The van der Waals surface area contributed by atoms with Crippen molar-refractivity contribution in [2.75, 3.05) is 26.3 Å². The number of halogens is 3. The number of carboxylic acid groups (broad SMARTS) is 1. The van der Waals surface area contributed by atoms with E-state index in [1.54, 1.807) is 6.20 Å². The number of pyridine rings is 1. The Balaban J connectivity index is 0.000000318. The van der Waals surface area contributed by atoms with Crippen LogP contribution in [-0.4, -0.2) is 65.1 Å². The first kappa shape index (κ1) is 22.8. The van der Waals surface area contributed by atoms with Crippen LogP contribution in [0.1, 0.15) is 44.9 Å². The number of aromatic nitrogens is 1. The van der Waals surface area contributed by atoms with Crippen LogP contribution in [0, 0.1) is 5.92 Å². The van der Waals surface area contributed by atoms with E-state index in [9.17, 15) is 13.2 Å². The molecule has 0 aromatic carbocycles. The number of hydrogen-bond donors (Lipinski definition) is 1. The molecule has 1 aliphatic carbocycles. The second kappa shape index (κ2) is 9.96. The van der Waals surface area contributed by atoms with E-state index in [0.717, 1.165) is 31.6 Å². The van der Waals surface area contributed by atoms with Crippen molar-refractivity contribution in [2.24, 2.45) is 5.92 Å². The monoisotopic (exact) mass is 430 g/mol. The third-order valence-corrected chi connectivity index (χ3v) is 6.43. The van der Waals surface area contributed by atoms with Crippen LogP contribution in [0.5, 0.6) is 5.88 Å². The molecule has 2 saturated heterocycles. The maximum atomic E-state index is 10.6. The van der Waals surface area contributed by atoms with Crippen LogP contribution >= 0.6 is 0 Å². The molecule has 1 saturated carbocycles. The van der Waals surface area contributed by atoms with Gasteiger partial charge >= 0.3 is 12.1 Å². The van der Waals surface area contributed by atoms with Crippen LogP contribution in [0.25, 0.3) is 0 Å². The summed E-state index contributed by atoms with van der Waals surface area (Å²) in [4.78, 5) is 15.8. The molecule has 30 heavy (non-hydrogen) atoms. The SMILES string of the molecule is O=C(O)C(F)(F)F.c1ccc(OCCC2CCOC23CCN(C2CCC2)CC3)nc1. The van der Waals surface area contributed by atoms with Crippen molar-refractivity contribution >= 4 is 5.97 Å². The summed E-state index contributed by atoms with van der Waals surface area (Å²) in [5.41, 5.74) is 0.133. The van der Waals surface area contributed by atoms with E-state index in [-0.39, 0.29) is 5.60 Å². The number of carbonyl (C=O) groups is 1. The molecule has 3 fully saturated rings. The van der Waals surface area contributed by atoms with Crippen molar-refractivity contribution in [3.8, 4) is 5.88 Å². The summed E-state index contributed by atoms with van der Waals surface area (Å²) in [6.07, 6.45) is 5.64. The molecular weight excluding hydrogens is 401 g/mol. The van der Waals surface area contributed by atoms with Gasteiger partial charge in [-0.05, 0) is 50.5 Å². The summed E-state index contributed by atoms with van der Waals surface area (Å²) in [5.74, 6) is -1.37. The predicted molar refractivity (Wildman–Crippen MR) is 103 cm³/mol.